The number of rotatable bonds is 6. The van der Waals surface area contributed by atoms with E-state index in [1.807, 2.05) is 6.07 Å². The highest BCUT2D eigenvalue weighted by atomic mass is 16.5. The second-order valence-corrected chi connectivity index (χ2v) is 9.52. The Morgan fingerprint density at radius 2 is 1.94 bits per heavy atom. The fourth-order valence-electron chi connectivity index (χ4n) is 5.73. The summed E-state index contributed by atoms with van der Waals surface area (Å²) in [7, 11) is 2.17. The summed E-state index contributed by atoms with van der Waals surface area (Å²) in [5.74, 6) is 1.31. The van der Waals surface area contributed by atoms with Crippen molar-refractivity contribution in [3.8, 4) is 0 Å². The molecule has 4 heteroatoms. The van der Waals surface area contributed by atoms with E-state index in [1.54, 1.807) is 13.0 Å². The van der Waals surface area contributed by atoms with Crippen molar-refractivity contribution in [3.05, 3.63) is 77.8 Å². The van der Waals surface area contributed by atoms with Crippen molar-refractivity contribution in [1.82, 2.24) is 0 Å². The number of ether oxygens (including phenoxy) is 1. The lowest BCUT2D eigenvalue weighted by molar-refractivity contribution is -0.401. The van der Waals surface area contributed by atoms with Crippen LogP contribution in [-0.4, -0.2) is 29.9 Å². The molecule has 1 aliphatic heterocycles. The summed E-state index contributed by atoms with van der Waals surface area (Å²) in [6, 6.07) is 16.7. The molecule has 2 heterocycles. The summed E-state index contributed by atoms with van der Waals surface area (Å²) >= 11 is 0. The summed E-state index contributed by atoms with van der Waals surface area (Å²) in [4.78, 5) is 12.2. The van der Waals surface area contributed by atoms with Crippen LogP contribution in [0.1, 0.15) is 61.4 Å². The Kier molecular flexibility index (Phi) is 5.69. The van der Waals surface area contributed by atoms with Gasteiger partial charge in [-0.3, -0.25) is 0 Å². The summed E-state index contributed by atoms with van der Waals surface area (Å²) in [6.07, 6.45) is 10.6. The third-order valence-electron chi connectivity index (χ3n) is 7.34. The molecule has 0 bridgehead atoms. The smallest absolute Gasteiger partial charge is 0.374 e. The summed E-state index contributed by atoms with van der Waals surface area (Å²) < 4.78 is 13.4. The predicted octanol–water partition coefficient (Wildman–Crippen LogP) is 6.58. The van der Waals surface area contributed by atoms with Gasteiger partial charge >= 0.3 is 5.97 Å². The van der Waals surface area contributed by atoms with E-state index in [-0.39, 0.29) is 11.2 Å². The lowest BCUT2D eigenvalue weighted by atomic mass is 9.74. The van der Waals surface area contributed by atoms with Crippen LogP contribution >= 0.6 is 0 Å². The third kappa shape index (κ3) is 3.82. The molecule has 1 atom stereocenters. The molecule has 33 heavy (non-hydrogen) atoms. The van der Waals surface area contributed by atoms with E-state index in [1.165, 1.54) is 53.4 Å². The highest BCUT2D eigenvalue weighted by molar-refractivity contribution is 6.08. The minimum atomic E-state index is -0.409. The van der Waals surface area contributed by atoms with Crippen molar-refractivity contribution >= 4 is 28.1 Å². The van der Waals surface area contributed by atoms with Crippen LogP contribution < -0.4 is 0 Å². The average Bonchev–Trinajstić information content (AvgIpc) is 3.54. The van der Waals surface area contributed by atoms with E-state index in [2.05, 4.69) is 67.1 Å². The SMILES string of the molecule is CCOC(=O)c1ccc(CC2(C)C(/C=C/C3CCCC3)=[N+](C)c3ccc4ccccc4c32)o1. The van der Waals surface area contributed by atoms with Crippen molar-refractivity contribution in [2.75, 3.05) is 13.7 Å². The van der Waals surface area contributed by atoms with Gasteiger partial charge in [-0.15, -0.1) is 0 Å². The molecule has 1 saturated carbocycles. The highest BCUT2D eigenvalue weighted by Gasteiger charge is 2.48. The van der Waals surface area contributed by atoms with Crippen LogP contribution in [0.3, 0.4) is 0 Å². The maximum atomic E-state index is 12.2. The Hall–Kier alpha value is -3.14. The van der Waals surface area contributed by atoms with Gasteiger partial charge in [0.25, 0.3) is 0 Å². The first-order valence-corrected chi connectivity index (χ1v) is 12.1. The van der Waals surface area contributed by atoms with Gasteiger partial charge < -0.3 is 9.15 Å². The van der Waals surface area contributed by atoms with Crippen molar-refractivity contribution in [2.24, 2.45) is 5.92 Å². The van der Waals surface area contributed by atoms with Gasteiger partial charge in [0.05, 0.1) is 12.0 Å². The Bertz CT molecular complexity index is 1260. The van der Waals surface area contributed by atoms with E-state index in [4.69, 9.17) is 9.15 Å². The molecule has 1 aliphatic carbocycles. The molecule has 0 spiro atoms. The quantitative estimate of drug-likeness (QED) is 0.320. The Morgan fingerprint density at radius 1 is 1.15 bits per heavy atom. The van der Waals surface area contributed by atoms with Gasteiger partial charge in [-0.2, -0.15) is 4.58 Å². The molecule has 1 unspecified atom stereocenters. The minimum Gasteiger partial charge on any atom is -0.460 e. The number of hydrogen-bond donors (Lipinski definition) is 0. The fraction of sp³-hybridized carbons (Fsp3) is 0.379. The van der Waals surface area contributed by atoms with E-state index >= 15 is 0 Å². The lowest BCUT2D eigenvalue weighted by Gasteiger charge is -2.23. The standard InChI is InChI=1S/C29H32NO3/c1-4-32-28(31)25-17-15-22(33-25)19-29(2)26(18-13-20-9-5-6-10-20)30(3)24-16-14-21-11-7-8-12-23(21)27(24)29/h7-8,11-18,20H,4-6,9-10,19H2,1-3H3/q+1/b18-13+. The van der Waals surface area contributed by atoms with Crippen molar-refractivity contribution in [3.63, 3.8) is 0 Å². The van der Waals surface area contributed by atoms with E-state index in [9.17, 15) is 4.79 Å². The van der Waals surface area contributed by atoms with Gasteiger partial charge in [0.15, 0.2) is 5.71 Å². The predicted molar refractivity (Wildman–Crippen MR) is 132 cm³/mol. The molecule has 0 amide bonds. The largest absolute Gasteiger partial charge is 0.460 e. The van der Waals surface area contributed by atoms with Crippen molar-refractivity contribution < 1.29 is 18.5 Å². The normalized spacial score (nSPS) is 20.8. The maximum Gasteiger partial charge on any atom is 0.374 e. The first-order valence-electron chi connectivity index (χ1n) is 12.1. The van der Waals surface area contributed by atoms with Gasteiger partial charge in [-0.1, -0.05) is 43.2 Å². The van der Waals surface area contributed by atoms with Crippen LogP contribution in [-0.2, 0) is 16.6 Å². The molecular weight excluding hydrogens is 410 g/mol. The van der Waals surface area contributed by atoms with Crippen molar-refractivity contribution in [2.45, 2.75) is 51.4 Å². The summed E-state index contributed by atoms with van der Waals surface area (Å²) in [5, 5.41) is 2.51. The number of esters is 1. The van der Waals surface area contributed by atoms with Gasteiger partial charge in [-0.05, 0) is 61.6 Å². The van der Waals surface area contributed by atoms with E-state index in [0.717, 1.165) is 5.76 Å². The first-order chi connectivity index (χ1) is 16.0. The Labute approximate surface area is 195 Å². The van der Waals surface area contributed by atoms with Gasteiger partial charge in [0.2, 0.25) is 11.4 Å². The van der Waals surface area contributed by atoms with E-state index in [0.29, 0.717) is 18.9 Å². The second kappa shape index (κ2) is 8.66. The van der Waals surface area contributed by atoms with E-state index < -0.39 is 5.97 Å². The van der Waals surface area contributed by atoms with Crippen molar-refractivity contribution in [1.29, 1.82) is 0 Å². The maximum absolute atomic E-state index is 12.2. The number of fused-ring (bicyclic) bond motifs is 3. The number of allylic oxidation sites excluding steroid dienone is 2. The van der Waals surface area contributed by atoms with Crippen LogP contribution in [0, 0.1) is 5.92 Å². The molecule has 2 aromatic carbocycles. The van der Waals surface area contributed by atoms with Gasteiger partial charge in [0, 0.05) is 24.1 Å². The average molecular weight is 443 g/mol. The Morgan fingerprint density at radius 3 is 2.73 bits per heavy atom. The van der Waals surface area contributed by atoms with Gasteiger partial charge in [0.1, 0.15) is 12.8 Å². The molecule has 0 saturated heterocycles. The number of hydrogen-bond acceptors (Lipinski definition) is 3. The molecule has 3 aromatic rings. The molecule has 4 nitrogen and oxygen atoms in total. The Balaban J connectivity index is 1.60. The number of furan rings is 1. The number of nitrogens with zero attached hydrogens (tertiary/aromatic N) is 1. The zero-order valence-corrected chi connectivity index (χ0v) is 19.8. The number of carbonyl (C=O) groups is 1. The van der Waals surface area contributed by atoms with Gasteiger partial charge in [-0.25, -0.2) is 4.79 Å². The van der Waals surface area contributed by atoms with Crippen LogP contribution in [0.2, 0.25) is 0 Å². The molecule has 1 aromatic heterocycles. The summed E-state index contributed by atoms with van der Waals surface area (Å²) in [5.41, 5.74) is 3.54. The molecule has 5 rings (SSSR count). The first kappa shape index (κ1) is 21.7. The molecule has 170 valence electrons. The topological polar surface area (TPSA) is 42.5 Å². The fourth-order valence-corrected chi connectivity index (χ4v) is 5.73. The summed E-state index contributed by atoms with van der Waals surface area (Å²) in [6.45, 7) is 4.44. The molecule has 2 aliphatic rings. The van der Waals surface area contributed by atoms with Crippen LogP contribution in [0.25, 0.3) is 10.8 Å². The second-order valence-electron chi connectivity index (χ2n) is 9.52. The zero-order chi connectivity index (χ0) is 23.0. The van der Waals surface area contributed by atoms with Crippen LogP contribution in [0.4, 0.5) is 5.69 Å². The number of benzene rings is 2. The number of carbonyl (C=O) groups excluding carboxylic acids is 1. The molecular formula is C29H32NO3+. The third-order valence-corrected chi connectivity index (χ3v) is 7.34. The molecule has 0 N–H and O–H groups in total. The molecule has 1 fully saturated rings. The monoisotopic (exact) mass is 442 g/mol. The highest BCUT2D eigenvalue weighted by Crippen LogP contribution is 2.46. The zero-order valence-electron chi connectivity index (χ0n) is 19.8. The molecule has 0 radical (unpaired) electrons. The van der Waals surface area contributed by atoms with Crippen LogP contribution in [0.5, 0.6) is 0 Å². The van der Waals surface area contributed by atoms with Crippen LogP contribution in [0.15, 0.2) is 65.1 Å². The minimum absolute atomic E-state index is 0.267. The lowest BCUT2D eigenvalue weighted by Crippen LogP contribution is -2.33.